The van der Waals surface area contributed by atoms with Crippen molar-refractivity contribution in [3.8, 4) is 0 Å². The highest BCUT2D eigenvalue weighted by molar-refractivity contribution is 6.34. The molecule has 0 atom stereocenters. The number of anilines is 1. The van der Waals surface area contributed by atoms with E-state index in [9.17, 15) is 4.79 Å². The molecule has 0 N–H and O–H groups in total. The van der Waals surface area contributed by atoms with Crippen molar-refractivity contribution in [1.82, 2.24) is 19.6 Å². The van der Waals surface area contributed by atoms with Gasteiger partial charge < -0.3 is 0 Å². The van der Waals surface area contributed by atoms with E-state index in [4.69, 9.17) is 23.2 Å². The first kappa shape index (κ1) is 16.8. The number of rotatable bonds is 4. The average Bonchev–Trinajstić information content (AvgIpc) is 3.01. The van der Waals surface area contributed by atoms with Crippen LogP contribution >= 0.6 is 23.2 Å². The van der Waals surface area contributed by atoms with Crippen LogP contribution in [0.5, 0.6) is 0 Å². The Labute approximate surface area is 139 Å². The monoisotopic (exact) mass is 343 g/mol. The van der Waals surface area contributed by atoms with Gasteiger partial charge in [0.2, 0.25) is 5.91 Å². The third-order valence-electron chi connectivity index (χ3n) is 3.11. The van der Waals surface area contributed by atoms with E-state index in [2.05, 4.69) is 10.2 Å². The second-order valence-electron chi connectivity index (χ2n) is 5.99. The van der Waals surface area contributed by atoms with Crippen LogP contribution in [0.3, 0.4) is 0 Å². The van der Waals surface area contributed by atoms with E-state index in [0.29, 0.717) is 17.4 Å². The van der Waals surface area contributed by atoms with Crippen molar-refractivity contribution < 1.29 is 4.79 Å². The van der Waals surface area contributed by atoms with Gasteiger partial charge >= 0.3 is 0 Å². The van der Waals surface area contributed by atoms with E-state index in [0.717, 1.165) is 5.69 Å². The average molecular weight is 344 g/mol. The fraction of sp³-hybridized carbons (Fsp3) is 0.500. The first-order chi connectivity index (χ1) is 10.2. The van der Waals surface area contributed by atoms with Crippen LogP contribution in [0.25, 0.3) is 0 Å². The molecular formula is C14H19Cl2N5O. The van der Waals surface area contributed by atoms with Crippen molar-refractivity contribution in [2.24, 2.45) is 7.05 Å². The quantitative estimate of drug-likeness (QED) is 0.802. The molecule has 8 heteroatoms. The van der Waals surface area contributed by atoms with Gasteiger partial charge in [-0.05, 0) is 26.8 Å². The minimum absolute atomic E-state index is 0.142. The molecule has 0 saturated carbocycles. The molecule has 0 fully saturated rings. The third-order valence-corrected chi connectivity index (χ3v) is 3.61. The maximum Gasteiger partial charge on any atom is 0.243 e. The topological polar surface area (TPSA) is 56.0 Å². The molecule has 0 aliphatic heterocycles. The lowest BCUT2D eigenvalue weighted by Gasteiger charge is -2.25. The van der Waals surface area contributed by atoms with Crippen LogP contribution in [0.2, 0.25) is 5.02 Å². The zero-order chi connectivity index (χ0) is 16.5. The van der Waals surface area contributed by atoms with Gasteiger partial charge in [0.15, 0.2) is 5.82 Å². The Balaban J connectivity index is 2.39. The highest BCUT2D eigenvalue weighted by Crippen LogP contribution is 2.26. The summed E-state index contributed by atoms with van der Waals surface area (Å²) in [6.07, 6.45) is 3.36. The standard InChI is InChI=1S/C14H19Cl2N5O/c1-14(2,3)21-10(5-6-17-21)8-20(12(22)7-15)13-11(16)9-19(4)18-13/h5-6,9H,7-8H2,1-4H3. The van der Waals surface area contributed by atoms with E-state index in [1.807, 2.05) is 31.5 Å². The minimum atomic E-state index is -0.260. The molecule has 22 heavy (non-hydrogen) atoms. The van der Waals surface area contributed by atoms with Gasteiger partial charge in [0.1, 0.15) is 10.9 Å². The molecule has 120 valence electrons. The van der Waals surface area contributed by atoms with Crippen LogP contribution in [0, 0.1) is 0 Å². The number of amides is 1. The van der Waals surface area contributed by atoms with E-state index in [1.54, 1.807) is 24.1 Å². The van der Waals surface area contributed by atoms with Gasteiger partial charge in [0.05, 0.1) is 17.8 Å². The number of aromatic nitrogens is 4. The predicted octanol–water partition coefficient (Wildman–Crippen LogP) is 2.80. The number of aryl methyl sites for hydroxylation is 1. The number of carbonyl (C=O) groups excluding carboxylic acids is 1. The van der Waals surface area contributed by atoms with Crippen molar-refractivity contribution in [3.05, 3.63) is 29.2 Å². The molecule has 0 aromatic carbocycles. The van der Waals surface area contributed by atoms with Crippen LogP contribution < -0.4 is 4.90 Å². The summed E-state index contributed by atoms with van der Waals surface area (Å²) in [5.41, 5.74) is 0.690. The fourth-order valence-electron chi connectivity index (χ4n) is 2.20. The van der Waals surface area contributed by atoms with Crippen molar-refractivity contribution in [2.75, 3.05) is 10.8 Å². The van der Waals surface area contributed by atoms with Gasteiger partial charge in [-0.2, -0.15) is 10.2 Å². The summed E-state index contributed by atoms with van der Waals surface area (Å²) >= 11 is 11.9. The first-order valence-corrected chi connectivity index (χ1v) is 7.74. The Morgan fingerprint density at radius 1 is 1.41 bits per heavy atom. The second kappa shape index (κ2) is 6.30. The van der Waals surface area contributed by atoms with Crippen molar-refractivity contribution in [1.29, 1.82) is 0 Å². The van der Waals surface area contributed by atoms with Crippen LogP contribution in [0.4, 0.5) is 5.82 Å². The Morgan fingerprint density at radius 3 is 2.59 bits per heavy atom. The van der Waals surface area contributed by atoms with Gasteiger partial charge in [-0.15, -0.1) is 11.6 Å². The molecule has 0 unspecified atom stereocenters. The van der Waals surface area contributed by atoms with E-state index in [1.165, 1.54) is 4.90 Å². The maximum atomic E-state index is 12.2. The summed E-state index contributed by atoms with van der Waals surface area (Å²) < 4.78 is 3.44. The lowest BCUT2D eigenvalue weighted by molar-refractivity contribution is -0.116. The van der Waals surface area contributed by atoms with Gasteiger partial charge in [0.25, 0.3) is 0 Å². The zero-order valence-corrected chi connectivity index (χ0v) is 14.6. The summed E-state index contributed by atoms with van der Waals surface area (Å²) in [4.78, 5) is 13.7. The molecule has 0 bridgehead atoms. The van der Waals surface area contributed by atoms with Crippen molar-refractivity contribution in [3.63, 3.8) is 0 Å². The van der Waals surface area contributed by atoms with Crippen LogP contribution in [-0.2, 0) is 23.9 Å². The fourth-order valence-corrected chi connectivity index (χ4v) is 2.63. The van der Waals surface area contributed by atoms with Crippen LogP contribution in [-0.4, -0.2) is 31.3 Å². The van der Waals surface area contributed by atoms with Crippen molar-refractivity contribution in [2.45, 2.75) is 32.9 Å². The summed E-state index contributed by atoms with van der Waals surface area (Å²) in [6, 6.07) is 1.87. The van der Waals surface area contributed by atoms with Gasteiger partial charge in [-0.1, -0.05) is 11.6 Å². The van der Waals surface area contributed by atoms with Gasteiger partial charge in [-0.25, -0.2) is 0 Å². The number of halogens is 2. The highest BCUT2D eigenvalue weighted by Gasteiger charge is 2.25. The molecule has 6 nitrogen and oxygen atoms in total. The van der Waals surface area contributed by atoms with Crippen LogP contribution in [0.1, 0.15) is 26.5 Å². The Morgan fingerprint density at radius 2 is 2.09 bits per heavy atom. The number of carbonyl (C=O) groups is 1. The molecule has 2 rings (SSSR count). The molecule has 2 aromatic heterocycles. The van der Waals surface area contributed by atoms with Gasteiger partial charge in [0, 0.05) is 19.4 Å². The Bertz CT molecular complexity index is 671. The minimum Gasteiger partial charge on any atom is -0.287 e. The molecule has 1 amide bonds. The number of hydrogen-bond acceptors (Lipinski definition) is 3. The number of alkyl halides is 1. The normalized spacial score (nSPS) is 11.7. The predicted molar refractivity (Wildman–Crippen MR) is 87.4 cm³/mol. The molecule has 2 aromatic rings. The molecule has 2 heterocycles. The molecule has 0 spiro atoms. The molecule has 0 aliphatic carbocycles. The molecule has 0 radical (unpaired) electrons. The first-order valence-electron chi connectivity index (χ1n) is 6.83. The van der Waals surface area contributed by atoms with E-state index in [-0.39, 0.29) is 17.3 Å². The lowest BCUT2D eigenvalue weighted by atomic mass is 10.1. The maximum absolute atomic E-state index is 12.2. The smallest absolute Gasteiger partial charge is 0.243 e. The summed E-state index contributed by atoms with van der Waals surface area (Å²) in [6.45, 7) is 6.44. The van der Waals surface area contributed by atoms with E-state index >= 15 is 0 Å². The van der Waals surface area contributed by atoms with Crippen molar-refractivity contribution >= 4 is 34.9 Å². The largest absolute Gasteiger partial charge is 0.287 e. The van der Waals surface area contributed by atoms with E-state index < -0.39 is 0 Å². The number of hydrogen-bond donors (Lipinski definition) is 0. The Kier molecular flexibility index (Phi) is 4.82. The highest BCUT2D eigenvalue weighted by atomic mass is 35.5. The second-order valence-corrected chi connectivity index (χ2v) is 6.67. The number of nitrogens with zero attached hydrogens (tertiary/aromatic N) is 5. The summed E-state index contributed by atoms with van der Waals surface area (Å²) in [5.74, 6) is -0.00304. The van der Waals surface area contributed by atoms with Gasteiger partial charge in [-0.3, -0.25) is 19.1 Å². The third kappa shape index (κ3) is 3.44. The lowest BCUT2D eigenvalue weighted by Crippen LogP contribution is -2.35. The SMILES string of the molecule is Cn1cc(Cl)c(N(Cc2ccnn2C(C)(C)C)C(=O)CCl)n1. The molecular weight excluding hydrogens is 325 g/mol. The van der Waals surface area contributed by atoms with Crippen LogP contribution in [0.15, 0.2) is 18.5 Å². The molecule has 0 aliphatic rings. The zero-order valence-electron chi connectivity index (χ0n) is 13.0. The Hall–Kier alpha value is -1.53. The molecule has 0 saturated heterocycles. The summed E-state index contributed by atoms with van der Waals surface area (Å²) in [7, 11) is 1.75. The summed E-state index contributed by atoms with van der Waals surface area (Å²) in [5, 5.41) is 8.99.